The van der Waals surface area contributed by atoms with Gasteiger partial charge < -0.3 is 15.0 Å². The number of rotatable bonds is 7. The summed E-state index contributed by atoms with van der Waals surface area (Å²) in [5.74, 6) is -0.862. The summed E-state index contributed by atoms with van der Waals surface area (Å²) in [4.78, 5) is 43.6. The number of aryl methyl sites for hydroxylation is 1. The van der Waals surface area contributed by atoms with Gasteiger partial charge in [-0.2, -0.15) is 0 Å². The van der Waals surface area contributed by atoms with Crippen LogP contribution in [-0.2, 0) is 27.2 Å². The van der Waals surface area contributed by atoms with E-state index in [1.165, 1.54) is 7.11 Å². The Balaban J connectivity index is 1.65. The number of ether oxygens (including phenoxy) is 1. The zero-order chi connectivity index (χ0) is 19.9. The number of nitrogens with zero attached hydrogens (tertiary/aromatic N) is 1. The highest BCUT2D eigenvalue weighted by Crippen LogP contribution is 2.08. The number of benzene rings is 2. The molecule has 0 spiro atoms. The van der Waals surface area contributed by atoms with E-state index in [1.54, 1.807) is 12.1 Å². The summed E-state index contributed by atoms with van der Waals surface area (Å²) in [7, 11) is 1.28. The molecule has 2 aromatic carbocycles. The van der Waals surface area contributed by atoms with Crippen molar-refractivity contribution in [2.75, 3.05) is 7.11 Å². The SMILES string of the molecule is COC(=O)C(Cc1ccccc1)NC(=O)CCc1nc2ccccc2[nH]c1=O. The van der Waals surface area contributed by atoms with E-state index in [0.717, 1.165) is 5.56 Å². The van der Waals surface area contributed by atoms with Gasteiger partial charge in [0.2, 0.25) is 5.91 Å². The van der Waals surface area contributed by atoms with Crippen LogP contribution >= 0.6 is 0 Å². The molecule has 144 valence electrons. The van der Waals surface area contributed by atoms with Gasteiger partial charge in [-0.1, -0.05) is 42.5 Å². The molecule has 1 heterocycles. The van der Waals surface area contributed by atoms with Crippen LogP contribution in [-0.4, -0.2) is 35.0 Å². The van der Waals surface area contributed by atoms with Crippen molar-refractivity contribution in [3.8, 4) is 0 Å². The van der Waals surface area contributed by atoms with Gasteiger partial charge in [0.05, 0.1) is 18.1 Å². The number of aromatic amines is 1. The molecular weight excluding hydrogens is 358 g/mol. The fourth-order valence-electron chi connectivity index (χ4n) is 2.92. The van der Waals surface area contributed by atoms with E-state index in [1.807, 2.05) is 42.5 Å². The number of carbonyl (C=O) groups is 2. The molecule has 28 heavy (non-hydrogen) atoms. The molecule has 0 saturated carbocycles. The van der Waals surface area contributed by atoms with Crippen LogP contribution in [0.5, 0.6) is 0 Å². The summed E-state index contributed by atoms with van der Waals surface area (Å²) in [5.41, 5.74) is 2.18. The minimum Gasteiger partial charge on any atom is -0.467 e. The third kappa shape index (κ3) is 4.82. The first-order chi connectivity index (χ1) is 13.6. The summed E-state index contributed by atoms with van der Waals surface area (Å²) in [6.07, 6.45) is 0.538. The predicted molar refractivity (Wildman–Crippen MR) is 105 cm³/mol. The number of fused-ring (bicyclic) bond motifs is 1. The number of H-pyrrole nitrogens is 1. The highest BCUT2D eigenvalue weighted by atomic mass is 16.5. The van der Waals surface area contributed by atoms with E-state index in [4.69, 9.17) is 4.74 Å². The van der Waals surface area contributed by atoms with Crippen LogP contribution in [0.15, 0.2) is 59.4 Å². The third-order valence-corrected chi connectivity index (χ3v) is 4.36. The number of hydrogen-bond donors (Lipinski definition) is 2. The van der Waals surface area contributed by atoms with Gasteiger partial charge in [-0.15, -0.1) is 0 Å². The molecule has 0 bridgehead atoms. The van der Waals surface area contributed by atoms with Crippen LogP contribution in [0.1, 0.15) is 17.7 Å². The Morgan fingerprint density at radius 1 is 1.11 bits per heavy atom. The largest absolute Gasteiger partial charge is 0.467 e. The second-order valence-corrected chi connectivity index (χ2v) is 6.36. The van der Waals surface area contributed by atoms with Crippen LogP contribution in [0, 0.1) is 0 Å². The number of carbonyl (C=O) groups excluding carboxylic acids is 2. The third-order valence-electron chi connectivity index (χ3n) is 4.36. The highest BCUT2D eigenvalue weighted by molar-refractivity contribution is 5.84. The Morgan fingerprint density at radius 2 is 1.82 bits per heavy atom. The standard InChI is InChI=1S/C21H21N3O4/c1-28-21(27)18(13-14-7-3-2-4-8-14)23-19(25)12-11-17-20(26)24-16-10-6-5-9-15(16)22-17/h2-10,18H,11-13H2,1H3,(H,23,25)(H,24,26). The Hall–Kier alpha value is -3.48. The maximum atomic E-state index is 12.4. The molecule has 0 saturated heterocycles. The van der Waals surface area contributed by atoms with Gasteiger partial charge in [0.15, 0.2) is 0 Å². The van der Waals surface area contributed by atoms with Crippen molar-refractivity contribution in [3.63, 3.8) is 0 Å². The molecule has 3 aromatic rings. The van der Waals surface area contributed by atoms with Gasteiger partial charge >= 0.3 is 5.97 Å². The minimum atomic E-state index is -0.789. The average molecular weight is 379 g/mol. The van der Waals surface area contributed by atoms with Crippen LogP contribution < -0.4 is 10.9 Å². The van der Waals surface area contributed by atoms with E-state index in [9.17, 15) is 14.4 Å². The summed E-state index contributed by atoms with van der Waals surface area (Å²) < 4.78 is 4.79. The Bertz CT molecular complexity index is 1030. The fourth-order valence-corrected chi connectivity index (χ4v) is 2.92. The van der Waals surface area contributed by atoms with Crippen molar-refractivity contribution >= 4 is 22.9 Å². The second kappa shape index (κ2) is 8.94. The van der Waals surface area contributed by atoms with Gasteiger partial charge in [0, 0.05) is 19.3 Å². The normalized spacial score (nSPS) is 11.8. The number of amides is 1. The van der Waals surface area contributed by atoms with Crippen molar-refractivity contribution < 1.29 is 14.3 Å². The van der Waals surface area contributed by atoms with Crippen molar-refractivity contribution in [2.24, 2.45) is 0 Å². The first kappa shape index (κ1) is 19.3. The van der Waals surface area contributed by atoms with Gasteiger partial charge in [0.25, 0.3) is 5.56 Å². The summed E-state index contributed by atoms with van der Waals surface area (Å²) in [6, 6.07) is 15.8. The van der Waals surface area contributed by atoms with Crippen LogP contribution in [0.4, 0.5) is 0 Å². The fraction of sp³-hybridized carbons (Fsp3) is 0.238. The molecule has 0 aliphatic heterocycles. The molecule has 1 atom stereocenters. The maximum Gasteiger partial charge on any atom is 0.328 e. The lowest BCUT2D eigenvalue weighted by molar-refractivity contribution is -0.145. The lowest BCUT2D eigenvalue weighted by Gasteiger charge is -2.16. The van der Waals surface area contributed by atoms with Gasteiger partial charge in [-0.3, -0.25) is 9.59 Å². The molecule has 0 radical (unpaired) electrons. The Morgan fingerprint density at radius 3 is 2.57 bits per heavy atom. The number of nitrogens with one attached hydrogen (secondary N) is 2. The predicted octanol–water partition coefficient (Wildman–Crippen LogP) is 1.76. The Kier molecular flexibility index (Phi) is 6.16. The van der Waals surface area contributed by atoms with Crippen LogP contribution in [0.3, 0.4) is 0 Å². The Labute approximate surface area is 161 Å². The first-order valence-corrected chi connectivity index (χ1v) is 8.96. The molecule has 2 N–H and O–H groups in total. The van der Waals surface area contributed by atoms with E-state index >= 15 is 0 Å². The monoisotopic (exact) mass is 379 g/mol. The lowest BCUT2D eigenvalue weighted by Crippen LogP contribution is -2.43. The van der Waals surface area contributed by atoms with Crippen LogP contribution in [0.2, 0.25) is 0 Å². The highest BCUT2D eigenvalue weighted by Gasteiger charge is 2.22. The number of para-hydroxylation sites is 2. The zero-order valence-corrected chi connectivity index (χ0v) is 15.5. The quantitative estimate of drug-likeness (QED) is 0.609. The molecule has 3 rings (SSSR count). The van der Waals surface area contributed by atoms with Crippen LogP contribution in [0.25, 0.3) is 11.0 Å². The van der Waals surface area contributed by atoms with E-state index in [0.29, 0.717) is 17.5 Å². The van der Waals surface area contributed by atoms with Crippen molar-refractivity contribution in [1.82, 2.24) is 15.3 Å². The maximum absolute atomic E-state index is 12.4. The molecule has 1 amide bonds. The van der Waals surface area contributed by atoms with Gasteiger partial charge in [0.1, 0.15) is 11.7 Å². The molecule has 7 heteroatoms. The zero-order valence-electron chi connectivity index (χ0n) is 15.5. The first-order valence-electron chi connectivity index (χ1n) is 8.96. The number of hydrogen-bond acceptors (Lipinski definition) is 5. The van der Waals surface area contributed by atoms with Crippen molar-refractivity contribution in [3.05, 3.63) is 76.2 Å². The lowest BCUT2D eigenvalue weighted by atomic mass is 10.1. The average Bonchev–Trinajstić information content (AvgIpc) is 2.72. The molecule has 0 fully saturated rings. The van der Waals surface area contributed by atoms with E-state index < -0.39 is 12.0 Å². The summed E-state index contributed by atoms with van der Waals surface area (Å²) >= 11 is 0. The minimum absolute atomic E-state index is 0.0384. The molecule has 7 nitrogen and oxygen atoms in total. The van der Waals surface area contributed by atoms with Crippen molar-refractivity contribution in [2.45, 2.75) is 25.3 Å². The van der Waals surface area contributed by atoms with E-state index in [2.05, 4.69) is 15.3 Å². The smallest absolute Gasteiger partial charge is 0.328 e. The number of esters is 1. The summed E-state index contributed by atoms with van der Waals surface area (Å²) in [6.45, 7) is 0. The second-order valence-electron chi connectivity index (χ2n) is 6.36. The summed E-state index contributed by atoms with van der Waals surface area (Å²) in [5, 5.41) is 2.69. The van der Waals surface area contributed by atoms with Gasteiger partial charge in [-0.25, -0.2) is 9.78 Å². The van der Waals surface area contributed by atoms with Crippen molar-refractivity contribution in [1.29, 1.82) is 0 Å². The molecule has 0 aliphatic carbocycles. The molecule has 0 aliphatic rings. The number of aromatic nitrogens is 2. The molecule has 1 aromatic heterocycles. The van der Waals surface area contributed by atoms with Gasteiger partial charge in [-0.05, 0) is 17.7 Å². The molecule has 1 unspecified atom stereocenters. The number of methoxy groups -OCH3 is 1. The molecular formula is C21H21N3O4. The topological polar surface area (TPSA) is 101 Å². The van der Waals surface area contributed by atoms with E-state index in [-0.39, 0.29) is 30.0 Å².